The number of alkyl halides is 1. The number of rotatable bonds is 11. The van der Waals surface area contributed by atoms with E-state index in [1.807, 2.05) is 0 Å². The van der Waals surface area contributed by atoms with E-state index in [4.69, 9.17) is 11.6 Å². The van der Waals surface area contributed by atoms with E-state index in [1.165, 1.54) is 36.7 Å². The Hall–Kier alpha value is -3.67. The summed E-state index contributed by atoms with van der Waals surface area (Å²) >= 11 is 5.84. The fourth-order valence-electron chi connectivity index (χ4n) is 4.51. The molecule has 0 bridgehead atoms. The van der Waals surface area contributed by atoms with E-state index in [2.05, 4.69) is 20.9 Å². The number of carbonyl (C=O) groups excluding carboxylic acids is 2. The predicted molar refractivity (Wildman–Crippen MR) is 138 cm³/mol. The van der Waals surface area contributed by atoms with Gasteiger partial charge in [0.05, 0.1) is 18.4 Å². The van der Waals surface area contributed by atoms with Crippen molar-refractivity contribution in [3.8, 4) is 0 Å². The van der Waals surface area contributed by atoms with Crippen LogP contribution in [0, 0.1) is 17.6 Å². The van der Waals surface area contributed by atoms with E-state index >= 15 is 0 Å². The van der Waals surface area contributed by atoms with Crippen molar-refractivity contribution in [1.29, 1.82) is 0 Å². The average Bonchev–Trinajstić information content (AvgIpc) is 3.59. The number of aryl methyl sites for hydroxylation is 1. The lowest BCUT2D eigenvalue weighted by Crippen LogP contribution is -2.27. The van der Waals surface area contributed by atoms with Gasteiger partial charge in [-0.2, -0.15) is 4.39 Å². The zero-order valence-corrected chi connectivity index (χ0v) is 21.8. The van der Waals surface area contributed by atoms with Crippen molar-refractivity contribution in [3.05, 3.63) is 74.9 Å². The van der Waals surface area contributed by atoms with Gasteiger partial charge in [0.2, 0.25) is 11.7 Å². The second-order valence-electron chi connectivity index (χ2n) is 9.57. The van der Waals surface area contributed by atoms with Crippen LogP contribution in [0.3, 0.4) is 0 Å². The van der Waals surface area contributed by atoms with Crippen LogP contribution in [0.2, 0.25) is 5.02 Å². The van der Waals surface area contributed by atoms with Gasteiger partial charge in [-0.05, 0) is 49.4 Å². The minimum absolute atomic E-state index is 0.0894. The molecule has 13 heteroatoms. The van der Waals surface area contributed by atoms with Crippen LogP contribution in [0.1, 0.15) is 54.6 Å². The summed E-state index contributed by atoms with van der Waals surface area (Å²) in [4.78, 5) is 36.9. The molecule has 39 heavy (non-hydrogen) atoms. The fourth-order valence-corrected chi connectivity index (χ4v) is 4.70. The first-order chi connectivity index (χ1) is 18.7. The summed E-state index contributed by atoms with van der Waals surface area (Å²) < 4.78 is 45.1. The van der Waals surface area contributed by atoms with Crippen LogP contribution in [-0.2, 0) is 24.4 Å². The molecule has 1 aromatic carbocycles. The molecule has 1 unspecified atom stereocenters. The molecule has 1 aliphatic carbocycles. The average molecular weight is 565 g/mol. The lowest BCUT2D eigenvalue weighted by Gasteiger charge is -2.13. The Kier molecular flexibility index (Phi) is 9.39. The summed E-state index contributed by atoms with van der Waals surface area (Å²) in [7, 11) is 0. The van der Waals surface area contributed by atoms with Crippen molar-refractivity contribution >= 4 is 29.1 Å². The molecule has 2 amide bonds. The maximum Gasteiger partial charge on any atom is 0.288 e. The Morgan fingerprint density at radius 3 is 2.72 bits per heavy atom. The van der Waals surface area contributed by atoms with Crippen LogP contribution in [0.4, 0.5) is 18.9 Å². The molecule has 3 aromatic rings. The van der Waals surface area contributed by atoms with Crippen LogP contribution in [0.15, 0.2) is 41.5 Å². The number of carbonyl (C=O) groups is 2. The van der Waals surface area contributed by atoms with Gasteiger partial charge in [-0.25, -0.2) is 13.5 Å². The monoisotopic (exact) mass is 564 g/mol. The smallest absolute Gasteiger partial charge is 0.288 e. The van der Waals surface area contributed by atoms with Gasteiger partial charge < -0.3 is 15.2 Å². The van der Waals surface area contributed by atoms with Crippen LogP contribution < -0.4 is 16.2 Å². The number of hydrogen-bond donors (Lipinski definition) is 2. The molecule has 9 nitrogen and oxygen atoms in total. The molecule has 4 rings (SSSR count). The molecule has 1 atom stereocenters. The lowest BCUT2D eigenvalue weighted by atomic mass is 10.0. The summed E-state index contributed by atoms with van der Waals surface area (Å²) in [6.45, 7) is -0.492. The normalized spacial score (nSPS) is 14.4. The number of halogens is 4. The first-order valence-corrected chi connectivity index (χ1v) is 13.0. The minimum atomic E-state index is -1.48. The zero-order chi connectivity index (χ0) is 27.9. The number of anilines is 1. The number of amides is 2. The molecule has 1 fully saturated rings. The first kappa shape index (κ1) is 28.3. The summed E-state index contributed by atoms with van der Waals surface area (Å²) in [5, 5.41) is 12.7. The van der Waals surface area contributed by atoms with Gasteiger partial charge in [0, 0.05) is 36.3 Å². The third-order valence-electron chi connectivity index (χ3n) is 6.62. The van der Waals surface area contributed by atoms with E-state index in [0.29, 0.717) is 5.02 Å². The van der Waals surface area contributed by atoms with Gasteiger partial charge >= 0.3 is 0 Å². The van der Waals surface area contributed by atoms with Crippen molar-refractivity contribution in [2.24, 2.45) is 5.92 Å². The summed E-state index contributed by atoms with van der Waals surface area (Å²) in [6.07, 6.45) is 5.32. The highest BCUT2D eigenvalue weighted by molar-refractivity contribution is 6.30. The molecule has 2 N–H and O–H groups in total. The number of nitrogens with zero attached hydrogens (tertiary/aromatic N) is 4. The van der Waals surface area contributed by atoms with Crippen molar-refractivity contribution < 1.29 is 22.8 Å². The van der Waals surface area contributed by atoms with Crippen LogP contribution in [-0.4, -0.2) is 37.5 Å². The predicted octanol–water partition coefficient (Wildman–Crippen LogP) is 4.25. The topological polar surface area (TPSA) is 111 Å². The molecular formula is C26H28ClF3N6O3. The third-order valence-corrected chi connectivity index (χ3v) is 6.85. The highest BCUT2D eigenvalue weighted by atomic mass is 35.5. The largest absolute Gasteiger partial charge is 0.346 e. The van der Waals surface area contributed by atoms with Crippen LogP contribution in [0.25, 0.3) is 0 Å². The van der Waals surface area contributed by atoms with Gasteiger partial charge in [-0.3, -0.25) is 14.4 Å². The molecule has 2 aromatic heterocycles. The molecule has 0 spiro atoms. The Labute approximate surface area is 227 Å². The quantitative estimate of drug-likeness (QED) is 0.362. The number of benzene rings is 1. The van der Waals surface area contributed by atoms with E-state index < -0.39 is 29.3 Å². The van der Waals surface area contributed by atoms with Gasteiger partial charge in [-0.15, -0.1) is 5.10 Å². The number of pyridine rings is 1. The molecule has 0 radical (unpaired) electrons. The van der Waals surface area contributed by atoms with Crippen molar-refractivity contribution in [1.82, 2.24) is 24.9 Å². The summed E-state index contributed by atoms with van der Waals surface area (Å²) in [5.41, 5.74) is -1.05. The van der Waals surface area contributed by atoms with Crippen molar-refractivity contribution in [3.63, 3.8) is 0 Å². The van der Waals surface area contributed by atoms with Crippen molar-refractivity contribution in [2.75, 3.05) is 5.32 Å². The highest BCUT2D eigenvalue weighted by Gasteiger charge is 2.20. The molecule has 0 saturated heterocycles. The Morgan fingerprint density at radius 2 is 1.95 bits per heavy atom. The van der Waals surface area contributed by atoms with Gasteiger partial charge in [-0.1, -0.05) is 29.7 Å². The van der Waals surface area contributed by atoms with Gasteiger partial charge in [0.15, 0.2) is 5.69 Å². The Balaban J connectivity index is 1.26. The highest BCUT2D eigenvalue weighted by Crippen LogP contribution is 2.28. The Bertz CT molecular complexity index is 1390. The molecule has 1 saturated carbocycles. The molecular weight excluding hydrogens is 537 g/mol. The van der Waals surface area contributed by atoms with Crippen LogP contribution >= 0.6 is 11.6 Å². The van der Waals surface area contributed by atoms with E-state index in [-0.39, 0.29) is 61.2 Å². The van der Waals surface area contributed by atoms with Gasteiger partial charge in [0.25, 0.3) is 11.5 Å². The Morgan fingerprint density at radius 1 is 1.18 bits per heavy atom. The SMILES string of the molecule is O=C(CC1CCCC1)Nc1ccn(CCC(F)Cn2cc(C(=O)NCc3cc(Cl)ccc3F)nn2)c(=O)c1F. The molecule has 0 aliphatic heterocycles. The maximum absolute atomic E-state index is 14.6. The number of nitrogens with one attached hydrogen (secondary N) is 2. The summed E-state index contributed by atoms with van der Waals surface area (Å²) in [6, 6.07) is 5.25. The van der Waals surface area contributed by atoms with E-state index in [0.717, 1.165) is 34.9 Å². The standard InChI is InChI=1S/C26H28ClF3N6O3/c27-18-5-6-20(29)17(12-18)13-31-25(38)22-15-36(34-33-22)14-19(28)7-9-35-10-8-21(24(30)26(35)39)32-23(37)11-16-3-1-2-4-16/h5-6,8,10,12,15-16,19H,1-4,7,9,11,13-14H2,(H,31,38)(H,32,37). The summed E-state index contributed by atoms with van der Waals surface area (Å²) in [5.74, 6) is -2.31. The lowest BCUT2D eigenvalue weighted by molar-refractivity contribution is -0.117. The number of aromatic nitrogens is 4. The first-order valence-electron chi connectivity index (χ1n) is 12.6. The minimum Gasteiger partial charge on any atom is -0.346 e. The number of hydrogen-bond acceptors (Lipinski definition) is 5. The molecule has 1 aliphatic rings. The molecule has 208 valence electrons. The zero-order valence-electron chi connectivity index (χ0n) is 21.0. The van der Waals surface area contributed by atoms with E-state index in [9.17, 15) is 27.6 Å². The van der Waals surface area contributed by atoms with Crippen LogP contribution in [0.5, 0.6) is 0 Å². The second kappa shape index (κ2) is 12.9. The second-order valence-corrected chi connectivity index (χ2v) is 10.0. The van der Waals surface area contributed by atoms with Crippen molar-refractivity contribution in [2.45, 2.75) is 64.3 Å². The third kappa shape index (κ3) is 7.69. The fraction of sp³-hybridized carbons (Fsp3) is 0.423. The molecule has 2 heterocycles. The van der Waals surface area contributed by atoms with Gasteiger partial charge in [0.1, 0.15) is 12.0 Å². The van der Waals surface area contributed by atoms with E-state index in [1.54, 1.807) is 0 Å². The maximum atomic E-state index is 14.6.